The molecule has 0 aromatic carbocycles. The van der Waals surface area contributed by atoms with Crippen LogP contribution in [0.1, 0.15) is 25.3 Å². The topological polar surface area (TPSA) is 66.3 Å². The molecule has 1 aromatic rings. The Bertz CT molecular complexity index is 424. The van der Waals surface area contributed by atoms with Gasteiger partial charge < -0.3 is 10.0 Å². The molecule has 1 N–H and O–H groups in total. The first-order chi connectivity index (χ1) is 8.20. The fraction of sp³-hybridized carbons (Fsp3) is 0.417. The van der Waals surface area contributed by atoms with Crippen molar-refractivity contribution < 1.29 is 9.90 Å². The average Bonchev–Trinajstić information content (AvgIpc) is 3.13. The van der Waals surface area contributed by atoms with Crippen LogP contribution in [-0.2, 0) is 4.79 Å². The Morgan fingerprint density at radius 2 is 2.18 bits per heavy atom. The van der Waals surface area contributed by atoms with Gasteiger partial charge in [0, 0.05) is 36.6 Å². The number of aliphatic carboxylic acids is 1. The van der Waals surface area contributed by atoms with E-state index in [1.165, 1.54) is 18.9 Å². The van der Waals surface area contributed by atoms with E-state index in [0.29, 0.717) is 11.6 Å². The van der Waals surface area contributed by atoms with E-state index in [2.05, 4.69) is 21.8 Å². The molecule has 0 saturated heterocycles. The smallest absolute Gasteiger partial charge is 0.328 e. The number of hydrogen-bond acceptors (Lipinski definition) is 4. The van der Waals surface area contributed by atoms with Crippen LogP contribution in [0.3, 0.4) is 0 Å². The van der Waals surface area contributed by atoms with Crippen LogP contribution < -0.4 is 4.90 Å². The average molecular weight is 233 g/mol. The highest BCUT2D eigenvalue weighted by Gasteiger charge is 2.29. The van der Waals surface area contributed by atoms with Crippen LogP contribution in [0.4, 0.5) is 5.95 Å². The molecule has 0 unspecified atom stereocenters. The molecule has 0 spiro atoms. The number of hydrogen-bond donors (Lipinski definition) is 1. The third-order valence-electron chi connectivity index (χ3n) is 2.66. The first-order valence-corrected chi connectivity index (χ1v) is 5.70. The molecule has 1 aromatic heterocycles. The molecule has 0 aliphatic heterocycles. The normalized spacial score (nSPS) is 15.1. The Morgan fingerprint density at radius 1 is 1.53 bits per heavy atom. The van der Waals surface area contributed by atoms with Crippen molar-refractivity contribution in [3.8, 4) is 0 Å². The van der Waals surface area contributed by atoms with E-state index < -0.39 is 5.97 Å². The quantitative estimate of drug-likeness (QED) is 0.782. The van der Waals surface area contributed by atoms with E-state index in [-0.39, 0.29) is 0 Å². The molecule has 90 valence electrons. The number of aromatic nitrogens is 2. The summed E-state index contributed by atoms with van der Waals surface area (Å²) in [6.45, 7) is 2.98. The van der Waals surface area contributed by atoms with Crippen molar-refractivity contribution in [1.29, 1.82) is 0 Å². The van der Waals surface area contributed by atoms with Crippen LogP contribution in [0, 0.1) is 0 Å². The molecule has 2 rings (SSSR count). The Balaban J connectivity index is 2.08. The molecular formula is C12H15N3O2. The van der Waals surface area contributed by atoms with Gasteiger partial charge in [-0.15, -0.1) is 0 Å². The summed E-state index contributed by atoms with van der Waals surface area (Å²) in [7, 11) is 0. The van der Waals surface area contributed by atoms with Crippen LogP contribution in [0.2, 0.25) is 0 Å². The second-order valence-corrected chi connectivity index (χ2v) is 4.01. The maximum atomic E-state index is 10.4. The van der Waals surface area contributed by atoms with Gasteiger partial charge in [-0.3, -0.25) is 0 Å². The van der Waals surface area contributed by atoms with Gasteiger partial charge in [-0.05, 0) is 25.8 Å². The lowest BCUT2D eigenvalue weighted by Gasteiger charge is -2.19. The SMILES string of the molecule is CCN(c1ncc(/C=C/C(=O)O)cn1)C1CC1. The molecule has 0 bridgehead atoms. The van der Waals surface area contributed by atoms with Crippen molar-refractivity contribution >= 4 is 18.0 Å². The molecule has 5 heteroatoms. The summed E-state index contributed by atoms with van der Waals surface area (Å²) in [5.74, 6) is -0.246. The van der Waals surface area contributed by atoms with Crippen molar-refractivity contribution in [2.45, 2.75) is 25.8 Å². The minimum absolute atomic E-state index is 0.584. The van der Waals surface area contributed by atoms with E-state index >= 15 is 0 Å². The molecule has 1 heterocycles. The Labute approximate surface area is 99.8 Å². The summed E-state index contributed by atoms with van der Waals surface area (Å²) >= 11 is 0. The molecule has 1 fully saturated rings. The molecule has 1 saturated carbocycles. The summed E-state index contributed by atoms with van der Waals surface area (Å²) < 4.78 is 0. The highest BCUT2D eigenvalue weighted by molar-refractivity contribution is 5.85. The van der Waals surface area contributed by atoms with E-state index in [0.717, 1.165) is 18.6 Å². The van der Waals surface area contributed by atoms with Crippen LogP contribution in [0.25, 0.3) is 6.08 Å². The lowest BCUT2D eigenvalue weighted by molar-refractivity contribution is -0.131. The van der Waals surface area contributed by atoms with Gasteiger partial charge in [0.05, 0.1) is 0 Å². The zero-order chi connectivity index (χ0) is 12.3. The van der Waals surface area contributed by atoms with E-state index in [9.17, 15) is 4.79 Å². The summed E-state index contributed by atoms with van der Waals surface area (Å²) in [5.41, 5.74) is 0.697. The third kappa shape index (κ3) is 3.03. The molecule has 0 atom stereocenters. The number of nitrogens with zero attached hydrogens (tertiary/aromatic N) is 3. The highest BCUT2D eigenvalue weighted by Crippen LogP contribution is 2.29. The Morgan fingerprint density at radius 3 is 2.65 bits per heavy atom. The van der Waals surface area contributed by atoms with Gasteiger partial charge in [-0.1, -0.05) is 0 Å². The summed E-state index contributed by atoms with van der Waals surface area (Å²) in [5, 5.41) is 8.50. The summed E-state index contributed by atoms with van der Waals surface area (Å²) in [6, 6.07) is 0.584. The van der Waals surface area contributed by atoms with Crippen LogP contribution >= 0.6 is 0 Å². The third-order valence-corrected chi connectivity index (χ3v) is 2.66. The lowest BCUT2D eigenvalue weighted by atomic mass is 10.3. The van der Waals surface area contributed by atoms with Crippen molar-refractivity contribution in [1.82, 2.24) is 9.97 Å². The van der Waals surface area contributed by atoms with E-state index in [1.54, 1.807) is 12.4 Å². The van der Waals surface area contributed by atoms with Crippen LogP contribution in [-0.4, -0.2) is 33.6 Å². The predicted molar refractivity (Wildman–Crippen MR) is 64.7 cm³/mol. The summed E-state index contributed by atoms with van der Waals surface area (Å²) in [4.78, 5) is 21.0. The highest BCUT2D eigenvalue weighted by atomic mass is 16.4. The van der Waals surface area contributed by atoms with Gasteiger partial charge in [0.25, 0.3) is 0 Å². The van der Waals surface area contributed by atoms with Gasteiger partial charge >= 0.3 is 5.97 Å². The number of rotatable bonds is 5. The molecule has 17 heavy (non-hydrogen) atoms. The predicted octanol–water partition coefficient (Wildman–Crippen LogP) is 1.56. The monoisotopic (exact) mass is 233 g/mol. The van der Waals surface area contributed by atoms with Crippen molar-refractivity contribution in [3.05, 3.63) is 24.0 Å². The second-order valence-electron chi connectivity index (χ2n) is 4.01. The standard InChI is InChI=1S/C12H15N3O2/c1-2-15(10-4-5-10)12-13-7-9(8-14-12)3-6-11(16)17/h3,6-8,10H,2,4-5H2,1H3,(H,16,17)/b6-3+. The molecule has 0 amide bonds. The molecule has 1 aliphatic carbocycles. The number of anilines is 1. The maximum Gasteiger partial charge on any atom is 0.328 e. The fourth-order valence-corrected chi connectivity index (χ4v) is 1.68. The van der Waals surface area contributed by atoms with Gasteiger partial charge in [0.15, 0.2) is 0 Å². The van der Waals surface area contributed by atoms with Crippen molar-refractivity contribution in [2.75, 3.05) is 11.4 Å². The maximum absolute atomic E-state index is 10.4. The minimum atomic E-state index is -0.970. The number of carbonyl (C=O) groups is 1. The van der Waals surface area contributed by atoms with Gasteiger partial charge in [0.1, 0.15) is 0 Å². The molecule has 1 aliphatic rings. The van der Waals surface area contributed by atoms with E-state index in [1.807, 2.05) is 0 Å². The number of carboxylic acids is 1. The largest absolute Gasteiger partial charge is 0.478 e. The zero-order valence-corrected chi connectivity index (χ0v) is 9.71. The lowest BCUT2D eigenvalue weighted by Crippen LogP contribution is -2.26. The van der Waals surface area contributed by atoms with Crippen molar-refractivity contribution in [3.63, 3.8) is 0 Å². The van der Waals surface area contributed by atoms with Gasteiger partial charge in [-0.2, -0.15) is 0 Å². The second kappa shape index (κ2) is 4.95. The molecule has 5 nitrogen and oxygen atoms in total. The molecule has 0 radical (unpaired) electrons. The Hall–Kier alpha value is -1.91. The number of carboxylic acid groups (broad SMARTS) is 1. The molecular weight excluding hydrogens is 218 g/mol. The van der Waals surface area contributed by atoms with Crippen LogP contribution in [0.5, 0.6) is 0 Å². The zero-order valence-electron chi connectivity index (χ0n) is 9.71. The van der Waals surface area contributed by atoms with Gasteiger partial charge in [0.2, 0.25) is 5.95 Å². The summed E-state index contributed by atoms with van der Waals surface area (Å²) in [6.07, 6.45) is 8.27. The van der Waals surface area contributed by atoms with E-state index in [4.69, 9.17) is 5.11 Å². The fourth-order valence-electron chi connectivity index (χ4n) is 1.68. The van der Waals surface area contributed by atoms with Crippen LogP contribution in [0.15, 0.2) is 18.5 Å². The first kappa shape index (κ1) is 11.6. The first-order valence-electron chi connectivity index (χ1n) is 5.70. The van der Waals surface area contributed by atoms with Gasteiger partial charge in [-0.25, -0.2) is 14.8 Å². The minimum Gasteiger partial charge on any atom is -0.478 e. The Kier molecular flexibility index (Phi) is 3.37. The van der Waals surface area contributed by atoms with Crippen molar-refractivity contribution in [2.24, 2.45) is 0 Å².